The van der Waals surface area contributed by atoms with Crippen LogP contribution in [0.15, 0.2) is 42.5 Å². The Labute approximate surface area is 115 Å². The van der Waals surface area contributed by atoms with E-state index in [2.05, 4.69) is 0 Å². The van der Waals surface area contributed by atoms with Crippen LogP contribution in [-0.4, -0.2) is 12.9 Å². The van der Waals surface area contributed by atoms with Crippen LogP contribution < -0.4 is 4.74 Å². The van der Waals surface area contributed by atoms with Crippen molar-refractivity contribution in [1.29, 1.82) is 0 Å². The first-order chi connectivity index (χ1) is 9.10. The van der Waals surface area contributed by atoms with E-state index < -0.39 is 5.82 Å². The monoisotopic (exact) mass is 278 g/mol. The predicted octanol–water partition coefficient (Wildman–Crippen LogP) is 3.91. The molecule has 2 nitrogen and oxygen atoms in total. The second-order valence-corrected chi connectivity index (χ2v) is 4.51. The van der Waals surface area contributed by atoms with E-state index in [4.69, 9.17) is 16.3 Å². The van der Waals surface area contributed by atoms with Gasteiger partial charge in [0.05, 0.1) is 12.7 Å². The number of hydrogen-bond acceptors (Lipinski definition) is 2. The molecule has 0 atom stereocenters. The predicted molar refractivity (Wildman–Crippen MR) is 72.4 cm³/mol. The Bertz CT molecular complexity index is 611. The van der Waals surface area contributed by atoms with Gasteiger partial charge in [0.15, 0.2) is 5.78 Å². The minimum atomic E-state index is -0.558. The number of halogens is 2. The number of carbonyl (C=O) groups is 1. The van der Waals surface area contributed by atoms with Crippen molar-refractivity contribution < 1.29 is 13.9 Å². The van der Waals surface area contributed by atoms with E-state index in [1.54, 1.807) is 31.4 Å². The quantitative estimate of drug-likeness (QED) is 0.793. The topological polar surface area (TPSA) is 26.3 Å². The number of ketones is 1. The molecule has 0 fully saturated rings. The average molecular weight is 279 g/mol. The van der Waals surface area contributed by atoms with Crippen LogP contribution in [0.3, 0.4) is 0 Å². The lowest BCUT2D eigenvalue weighted by Gasteiger charge is -2.05. The van der Waals surface area contributed by atoms with E-state index in [1.165, 1.54) is 18.2 Å². The molecule has 19 heavy (non-hydrogen) atoms. The maximum absolute atomic E-state index is 13.6. The Morgan fingerprint density at radius 2 is 2.05 bits per heavy atom. The van der Waals surface area contributed by atoms with Gasteiger partial charge in [-0.2, -0.15) is 0 Å². The third kappa shape index (κ3) is 3.32. The molecule has 0 aliphatic carbocycles. The zero-order valence-corrected chi connectivity index (χ0v) is 11.1. The van der Waals surface area contributed by atoms with Crippen LogP contribution >= 0.6 is 11.6 Å². The Morgan fingerprint density at radius 3 is 2.79 bits per heavy atom. The lowest BCUT2D eigenvalue weighted by molar-refractivity contribution is 0.0989. The summed E-state index contributed by atoms with van der Waals surface area (Å²) in [6, 6.07) is 11.1. The smallest absolute Gasteiger partial charge is 0.170 e. The molecule has 0 radical (unpaired) electrons. The molecule has 0 aromatic heterocycles. The molecule has 0 spiro atoms. The number of methoxy groups -OCH3 is 1. The van der Waals surface area contributed by atoms with Gasteiger partial charge in [-0.05, 0) is 35.9 Å². The summed E-state index contributed by atoms with van der Waals surface area (Å²) < 4.78 is 18.6. The van der Waals surface area contributed by atoms with Crippen molar-refractivity contribution in [3.63, 3.8) is 0 Å². The molecule has 4 heteroatoms. The summed E-state index contributed by atoms with van der Waals surface area (Å²) in [6.07, 6.45) is 0.106. The molecule has 98 valence electrons. The molecule has 0 bridgehead atoms. The van der Waals surface area contributed by atoms with Crippen LogP contribution in [0.4, 0.5) is 4.39 Å². The van der Waals surface area contributed by atoms with E-state index in [9.17, 15) is 9.18 Å². The van der Waals surface area contributed by atoms with E-state index in [0.717, 1.165) is 5.56 Å². The largest absolute Gasteiger partial charge is 0.497 e. The first-order valence-corrected chi connectivity index (χ1v) is 6.09. The maximum atomic E-state index is 13.6. The summed E-state index contributed by atoms with van der Waals surface area (Å²) in [6.45, 7) is 0. The molecule has 0 aliphatic rings. The fourth-order valence-corrected chi connectivity index (χ4v) is 1.95. The van der Waals surface area contributed by atoms with Gasteiger partial charge in [-0.15, -0.1) is 0 Å². The second-order valence-electron chi connectivity index (χ2n) is 4.08. The summed E-state index contributed by atoms with van der Waals surface area (Å²) in [7, 11) is 1.55. The lowest BCUT2D eigenvalue weighted by atomic mass is 10.0. The van der Waals surface area contributed by atoms with Crippen LogP contribution in [0.25, 0.3) is 0 Å². The zero-order chi connectivity index (χ0) is 13.8. The highest BCUT2D eigenvalue weighted by molar-refractivity contribution is 6.31. The molecule has 0 unspecified atom stereocenters. The Balaban J connectivity index is 2.23. The third-order valence-electron chi connectivity index (χ3n) is 2.73. The van der Waals surface area contributed by atoms with Gasteiger partial charge in [-0.3, -0.25) is 4.79 Å². The highest BCUT2D eigenvalue weighted by Crippen LogP contribution is 2.19. The Morgan fingerprint density at radius 1 is 1.26 bits per heavy atom. The van der Waals surface area contributed by atoms with Crippen molar-refractivity contribution in [2.24, 2.45) is 0 Å². The minimum Gasteiger partial charge on any atom is -0.497 e. The van der Waals surface area contributed by atoms with Gasteiger partial charge in [0, 0.05) is 11.4 Å². The molecular formula is C15H12ClFO2. The average Bonchev–Trinajstić information content (AvgIpc) is 2.41. The number of rotatable bonds is 4. The Kier molecular flexibility index (Phi) is 4.17. The van der Waals surface area contributed by atoms with Gasteiger partial charge in [0.25, 0.3) is 0 Å². The second kappa shape index (κ2) is 5.85. The van der Waals surface area contributed by atoms with Gasteiger partial charge in [0.2, 0.25) is 0 Å². The summed E-state index contributed by atoms with van der Waals surface area (Å²) in [5.41, 5.74) is 0.777. The van der Waals surface area contributed by atoms with Crippen molar-refractivity contribution in [2.75, 3.05) is 7.11 Å². The summed E-state index contributed by atoms with van der Waals surface area (Å²) in [5.74, 6) is -0.206. The number of carbonyl (C=O) groups excluding carboxylic acids is 1. The summed E-state index contributed by atoms with van der Waals surface area (Å²) >= 11 is 5.77. The number of Topliss-reactive ketones (excluding diaryl/α,β-unsaturated/α-hetero) is 1. The van der Waals surface area contributed by atoms with Crippen LogP contribution in [0.5, 0.6) is 5.75 Å². The molecule has 0 N–H and O–H groups in total. The highest BCUT2D eigenvalue weighted by Gasteiger charge is 2.13. The number of ether oxygens (including phenoxy) is 1. The molecule has 0 aliphatic heterocycles. The maximum Gasteiger partial charge on any atom is 0.170 e. The van der Waals surface area contributed by atoms with E-state index in [0.29, 0.717) is 10.8 Å². The highest BCUT2D eigenvalue weighted by atomic mass is 35.5. The molecule has 0 amide bonds. The number of benzene rings is 2. The van der Waals surface area contributed by atoms with Crippen LogP contribution in [0.2, 0.25) is 5.02 Å². The fraction of sp³-hybridized carbons (Fsp3) is 0.133. The SMILES string of the molecule is COc1cccc(CC(=O)c2cc(Cl)ccc2F)c1. The normalized spacial score (nSPS) is 10.3. The van der Waals surface area contributed by atoms with Gasteiger partial charge >= 0.3 is 0 Å². The molecule has 0 saturated heterocycles. The molecule has 2 aromatic carbocycles. The van der Waals surface area contributed by atoms with Gasteiger partial charge in [-0.25, -0.2) is 4.39 Å². The standard InChI is InChI=1S/C15H12ClFO2/c1-19-12-4-2-3-10(7-12)8-15(18)13-9-11(16)5-6-14(13)17/h2-7,9H,8H2,1H3. The summed E-state index contributed by atoms with van der Waals surface area (Å²) in [5, 5.41) is 0.343. The first kappa shape index (κ1) is 13.6. The minimum absolute atomic E-state index is 0.00956. The summed E-state index contributed by atoms with van der Waals surface area (Å²) in [4.78, 5) is 12.0. The molecular weight excluding hydrogens is 267 g/mol. The molecule has 0 heterocycles. The van der Waals surface area contributed by atoms with Crippen molar-refractivity contribution in [2.45, 2.75) is 6.42 Å². The zero-order valence-electron chi connectivity index (χ0n) is 10.3. The molecule has 2 rings (SSSR count). The number of hydrogen-bond donors (Lipinski definition) is 0. The van der Waals surface area contributed by atoms with Crippen molar-refractivity contribution >= 4 is 17.4 Å². The van der Waals surface area contributed by atoms with Crippen LogP contribution in [0, 0.1) is 5.82 Å². The molecule has 2 aromatic rings. The van der Waals surface area contributed by atoms with Crippen LogP contribution in [-0.2, 0) is 6.42 Å². The van der Waals surface area contributed by atoms with Gasteiger partial charge in [0.1, 0.15) is 11.6 Å². The van der Waals surface area contributed by atoms with E-state index in [-0.39, 0.29) is 17.8 Å². The Hall–Kier alpha value is -1.87. The molecule has 0 saturated carbocycles. The van der Waals surface area contributed by atoms with E-state index in [1.807, 2.05) is 0 Å². The fourth-order valence-electron chi connectivity index (χ4n) is 1.77. The lowest BCUT2D eigenvalue weighted by Crippen LogP contribution is -2.06. The van der Waals surface area contributed by atoms with Crippen molar-refractivity contribution in [3.05, 3.63) is 64.4 Å². The van der Waals surface area contributed by atoms with Crippen LogP contribution in [0.1, 0.15) is 15.9 Å². The van der Waals surface area contributed by atoms with Crippen molar-refractivity contribution in [1.82, 2.24) is 0 Å². The van der Waals surface area contributed by atoms with Crippen molar-refractivity contribution in [3.8, 4) is 5.75 Å². The van der Waals surface area contributed by atoms with E-state index >= 15 is 0 Å². The third-order valence-corrected chi connectivity index (χ3v) is 2.96. The first-order valence-electron chi connectivity index (χ1n) is 5.71. The van der Waals surface area contributed by atoms with Gasteiger partial charge < -0.3 is 4.74 Å². The van der Waals surface area contributed by atoms with Gasteiger partial charge in [-0.1, -0.05) is 23.7 Å².